The van der Waals surface area contributed by atoms with Crippen molar-refractivity contribution in [1.82, 2.24) is 0 Å². The Balaban J connectivity index is 2.95. The second-order valence-corrected chi connectivity index (χ2v) is 2.82. The molecule has 0 aliphatic heterocycles. The lowest BCUT2D eigenvalue weighted by molar-refractivity contribution is 0.577. The number of halogens is 2. The molecule has 1 aromatic carbocycles. The van der Waals surface area contributed by atoms with E-state index in [9.17, 15) is 8.78 Å². The molecule has 0 atom stereocenters. The van der Waals surface area contributed by atoms with Gasteiger partial charge in [-0.3, -0.25) is 0 Å². The fourth-order valence-electron chi connectivity index (χ4n) is 0.824. The largest absolute Gasteiger partial charge is 0.206 e. The van der Waals surface area contributed by atoms with Crippen molar-refractivity contribution in [2.75, 3.05) is 5.75 Å². The van der Waals surface area contributed by atoms with Crippen LogP contribution in [0.2, 0.25) is 0 Å². The summed E-state index contributed by atoms with van der Waals surface area (Å²) in [5.41, 5.74) is -0.163. The van der Waals surface area contributed by atoms with Crippen LogP contribution in [0, 0.1) is 23.5 Å². The van der Waals surface area contributed by atoms with Crippen molar-refractivity contribution in [1.29, 1.82) is 0 Å². The van der Waals surface area contributed by atoms with Crippen LogP contribution < -0.4 is 0 Å². The molecular formula is C10H8F2S. The molecule has 0 spiro atoms. The van der Waals surface area contributed by atoms with E-state index in [1.165, 1.54) is 18.2 Å². The summed E-state index contributed by atoms with van der Waals surface area (Å²) < 4.78 is 25.8. The minimum Gasteiger partial charge on any atom is -0.206 e. The fourth-order valence-corrected chi connectivity index (χ4v) is 0.936. The smallest absolute Gasteiger partial charge is 0.141 e. The Morgan fingerprint density at radius 2 is 1.85 bits per heavy atom. The van der Waals surface area contributed by atoms with Gasteiger partial charge >= 0.3 is 0 Å². The molecule has 0 fully saturated rings. The van der Waals surface area contributed by atoms with E-state index in [2.05, 4.69) is 24.5 Å². The Bertz CT molecular complexity index is 329. The Hall–Kier alpha value is -1.01. The third kappa shape index (κ3) is 2.74. The zero-order chi connectivity index (χ0) is 9.68. The Labute approximate surface area is 81.4 Å². The standard InChI is InChI=1S/C10H8F2S/c11-9-5-3-6-10(12)8(9)4-1-2-7-13/h3,5-6,13H,2,7H2. The summed E-state index contributed by atoms with van der Waals surface area (Å²) in [6, 6.07) is 3.69. The summed E-state index contributed by atoms with van der Waals surface area (Å²) in [5, 5.41) is 0. The molecule has 0 heterocycles. The van der Waals surface area contributed by atoms with E-state index in [-0.39, 0.29) is 5.56 Å². The van der Waals surface area contributed by atoms with Crippen LogP contribution in [-0.4, -0.2) is 5.75 Å². The normalized spacial score (nSPS) is 9.15. The third-order valence-electron chi connectivity index (χ3n) is 1.41. The van der Waals surface area contributed by atoms with Crippen LogP contribution in [0.3, 0.4) is 0 Å². The van der Waals surface area contributed by atoms with Gasteiger partial charge in [-0.2, -0.15) is 12.6 Å². The maximum atomic E-state index is 12.9. The Kier molecular flexibility index (Phi) is 3.78. The number of hydrogen-bond donors (Lipinski definition) is 1. The monoisotopic (exact) mass is 198 g/mol. The van der Waals surface area contributed by atoms with Gasteiger partial charge in [0.1, 0.15) is 11.6 Å². The lowest BCUT2D eigenvalue weighted by Gasteiger charge is -1.94. The van der Waals surface area contributed by atoms with E-state index in [1.807, 2.05) is 0 Å². The van der Waals surface area contributed by atoms with E-state index < -0.39 is 11.6 Å². The predicted octanol–water partition coefficient (Wildman–Crippen LogP) is 2.64. The summed E-state index contributed by atoms with van der Waals surface area (Å²) in [7, 11) is 0. The molecule has 0 bridgehead atoms. The van der Waals surface area contributed by atoms with Gasteiger partial charge in [-0.25, -0.2) is 8.78 Å². The average molecular weight is 198 g/mol. The van der Waals surface area contributed by atoms with E-state index in [4.69, 9.17) is 0 Å². The molecule has 0 amide bonds. The van der Waals surface area contributed by atoms with Crippen molar-refractivity contribution < 1.29 is 8.78 Å². The molecule has 68 valence electrons. The maximum Gasteiger partial charge on any atom is 0.141 e. The van der Waals surface area contributed by atoms with Crippen LogP contribution in [-0.2, 0) is 0 Å². The predicted molar refractivity (Wildman–Crippen MR) is 51.7 cm³/mol. The molecule has 0 saturated carbocycles. The van der Waals surface area contributed by atoms with Crippen LogP contribution in [0.1, 0.15) is 12.0 Å². The lowest BCUT2D eigenvalue weighted by Crippen LogP contribution is -1.88. The SMILES string of the molecule is Fc1cccc(F)c1C#CCCS. The highest BCUT2D eigenvalue weighted by molar-refractivity contribution is 7.80. The average Bonchev–Trinajstić information content (AvgIpc) is 2.10. The molecular weight excluding hydrogens is 190 g/mol. The minimum atomic E-state index is -0.619. The minimum absolute atomic E-state index is 0.163. The van der Waals surface area contributed by atoms with Gasteiger partial charge in [0.25, 0.3) is 0 Å². The van der Waals surface area contributed by atoms with Crippen LogP contribution in [0.15, 0.2) is 18.2 Å². The van der Waals surface area contributed by atoms with Crippen molar-refractivity contribution in [2.45, 2.75) is 6.42 Å². The van der Waals surface area contributed by atoms with Crippen molar-refractivity contribution in [3.63, 3.8) is 0 Å². The highest BCUT2D eigenvalue weighted by Crippen LogP contribution is 2.09. The number of hydrogen-bond acceptors (Lipinski definition) is 1. The zero-order valence-corrected chi connectivity index (χ0v) is 7.74. The van der Waals surface area contributed by atoms with Gasteiger partial charge in [-0.15, -0.1) is 0 Å². The van der Waals surface area contributed by atoms with Crippen LogP contribution in [0.4, 0.5) is 8.78 Å². The van der Waals surface area contributed by atoms with Gasteiger partial charge in [0.15, 0.2) is 0 Å². The van der Waals surface area contributed by atoms with E-state index >= 15 is 0 Å². The van der Waals surface area contributed by atoms with E-state index in [0.29, 0.717) is 12.2 Å². The summed E-state index contributed by atoms with van der Waals surface area (Å²) in [6.07, 6.45) is 0.525. The second-order valence-electron chi connectivity index (χ2n) is 2.37. The molecule has 1 aromatic rings. The van der Waals surface area contributed by atoms with Crippen LogP contribution in [0.5, 0.6) is 0 Å². The first-order valence-corrected chi connectivity index (χ1v) is 4.42. The van der Waals surface area contributed by atoms with Gasteiger partial charge in [0.2, 0.25) is 0 Å². The number of benzene rings is 1. The molecule has 0 aromatic heterocycles. The third-order valence-corrected chi connectivity index (χ3v) is 1.64. The molecule has 0 radical (unpaired) electrons. The highest BCUT2D eigenvalue weighted by atomic mass is 32.1. The molecule has 13 heavy (non-hydrogen) atoms. The van der Waals surface area contributed by atoms with Crippen LogP contribution >= 0.6 is 12.6 Å². The molecule has 0 saturated heterocycles. The zero-order valence-electron chi connectivity index (χ0n) is 6.85. The first-order chi connectivity index (χ1) is 6.25. The Morgan fingerprint density at radius 3 is 2.38 bits per heavy atom. The van der Waals surface area contributed by atoms with Crippen molar-refractivity contribution in [3.05, 3.63) is 35.4 Å². The highest BCUT2D eigenvalue weighted by Gasteiger charge is 2.03. The molecule has 3 heteroatoms. The van der Waals surface area contributed by atoms with Crippen molar-refractivity contribution in [2.24, 2.45) is 0 Å². The molecule has 0 nitrogen and oxygen atoms in total. The van der Waals surface area contributed by atoms with Gasteiger partial charge in [0.05, 0.1) is 5.56 Å². The van der Waals surface area contributed by atoms with Crippen molar-refractivity contribution >= 4 is 12.6 Å². The molecule has 0 unspecified atom stereocenters. The van der Waals surface area contributed by atoms with Gasteiger partial charge in [0, 0.05) is 12.2 Å². The first kappa shape index (κ1) is 10.1. The topological polar surface area (TPSA) is 0 Å². The molecule has 1 rings (SSSR count). The number of rotatable bonds is 1. The van der Waals surface area contributed by atoms with Crippen molar-refractivity contribution in [3.8, 4) is 11.8 Å². The molecule has 0 aliphatic carbocycles. The summed E-state index contributed by atoms with van der Waals surface area (Å²) in [4.78, 5) is 0. The maximum absolute atomic E-state index is 12.9. The molecule has 0 N–H and O–H groups in total. The lowest BCUT2D eigenvalue weighted by atomic mass is 10.2. The fraction of sp³-hybridized carbons (Fsp3) is 0.200. The number of thiol groups is 1. The summed E-state index contributed by atoms with van der Waals surface area (Å²) in [6.45, 7) is 0. The van der Waals surface area contributed by atoms with Gasteiger partial charge in [-0.1, -0.05) is 17.9 Å². The van der Waals surface area contributed by atoms with Gasteiger partial charge in [-0.05, 0) is 12.1 Å². The first-order valence-electron chi connectivity index (χ1n) is 3.79. The quantitative estimate of drug-likeness (QED) is 0.520. The Morgan fingerprint density at radius 1 is 1.23 bits per heavy atom. The van der Waals surface area contributed by atoms with E-state index in [0.717, 1.165) is 0 Å². The van der Waals surface area contributed by atoms with Gasteiger partial charge < -0.3 is 0 Å². The summed E-state index contributed by atoms with van der Waals surface area (Å²) in [5.74, 6) is 4.41. The second kappa shape index (κ2) is 4.88. The van der Waals surface area contributed by atoms with Crippen LogP contribution in [0.25, 0.3) is 0 Å². The molecule has 0 aliphatic rings. The van der Waals surface area contributed by atoms with E-state index in [1.54, 1.807) is 0 Å². The summed E-state index contributed by atoms with van der Waals surface area (Å²) >= 11 is 3.93.